The zero-order valence-corrected chi connectivity index (χ0v) is 38.3. The Kier molecular flexibility index (Phi) is 42.7. The van der Waals surface area contributed by atoms with Crippen molar-refractivity contribution in [1.29, 1.82) is 0 Å². The van der Waals surface area contributed by atoms with Gasteiger partial charge < -0.3 is 19.3 Å². The van der Waals surface area contributed by atoms with Crippen molar-refractivity contribution in [3.8, 4) is 0 Å². The van der Waals surface area contributed by atoms with Crippen LogP contribution >= 0.6 is 0 Å². The lowest BCUT2D eigenvalue weighted by molar-refractivity contribution is -0.165. The number of unbranched alkanes of at least 4 members (excludes halogenated alkanes) is 33. The van der Waals surface area contributed by atoms with Crippen LogP contribution in [0.15, 0.2) is 0 Å². The van der Waals surface area contributed by atoms with Crippen LogP contribution in [0.3, 0.4) is 0 Å². The molecular weight excluding hydrogens is 713 g/mol. The fourth-order valence-corrected chi connectivity index (χ4v) is 7.51. The van der Waals surface area contributed by atoms with E-state index in [-0.39, 0.29) is 37.7 Å². The molecule has 0 fully saturated rings. The summed E-state index contributed by atoms with van der Waals surface area (Å²) < 4.78 is 16.9. The number of hydrogen-bond acceptors (Lipinski definition) is 7. The monoisotopic (exact) mass is 809 g/mol. The minimum Gasteiger partial charge on any atom is -0.465 e. The molecule has 0 aromatic rings. The molecule has 0 aliphatic carbocycles. The van der Waals surface area contributed by atoms with Crippen molar-refractivity contribution in [2.24, 2.45) is 5.41 Å². The van der Waals surface area contributed by atoms with Gasteiger partial charge in [-0.3, -0.25) is 14.4 Å². The summed E-state index contributed by atoms with van der Waals surface area (Å²) >= 11 is 0. The van der Waals surface area contributed by atoms with E-state index in [1.54, 1.807) is 0 Å². The smallest absolute Gasteiger partial charge is 0.305 e. The maximum atomic E-state index is 12.7. The third-order valence-electron chi connectivity index (χ3n) is 11.7. The highest BCUT2D eigenvalue weighted by atomic mass is 16.6. The van der Waals surface area contributed by atoms with Gasteiger partial charge in [-0.2, -0.15) is 0 Å². The van der Waals surface area contributed by atoms with Gasteiger partial charge in [0, 0.05) is 19.3 Å². The first-order valence-electron chi connectivity index (χ1n) is 25.0. The lowest BCUT2D eigenvalue weighted by Crippen LogP contribution is -2.42. The molecule has 57 heavy (non-hydrogen) atoms. The second-order valence-electron chi connectivity index (χ2n) is 17.6. The van der Waals surface area contributed by atoms with E-state index in [1.165, 1.54) is 173 Å². The van der Waals surface area contributed by atoms with Gasteiger partial charge in [-0.15, -0.1) is 0 Å². The molecule has 0 saturated heterocycles. The minimum absolute atomic E-state index is 0.154. The van der Waals surface area contributed by atoms with Crippen LogP contribution in [0.4, 0.5) is 0 Å². The van der Waals surface area contributed by atoms with Gasteiger partial charge in [0.25, 0.3) is 0 Å². The van der Waals surface area contributed by atoms with Crippen LogP contribution in [-0.4, -0.2) is 49.4 Å². The predicted octanol–water partition coefficient (Wildman–Crippen LogP) is 14.9. The molecule has 0 aromatic heterocycles. The number of rotatable bonds is 46. The van der Waals surface area contributed by atoms with Crippen LogP contribution in [-0.2, 0) is 28.6 Å². The summed E-state index contributed by atoms with van der Waals surface area (Å²) in [6, 6.07) is 0. The first-order valence-corrected chi connectivity index (χ1v) is 25.0. The molecule has 0 radical (unpaired) electrons. The molecule has 0 atom stereocenters. The fourth-order valence-electron chi connectivity index (χ4n) is 7.51. The highest BCUT2D eigenvalue weighted by Gasteiger charge is 2.35. The number of hydrogen-bond donors (Lipinski definition) is 1. The Morgan fingerprint density at radius 2 is 0.491 bits per heavy atom. The van der Waals surface area contributed by atoms with Crippen molar-refractivity contribution in [2.75, 3.05) is 26.4 Å². The molecular formula is C50H96O7. The third kappa shape index (κ3) is 39.6. The SMILES string of the molecule is CCCCCCCCCCCCCCC(=O)OCC(CO)(COC(=O)CCCCCCCCCCCCCC)COC(=O)CCCCCCCCCCCCCC. The molecule has 7 nitrogen and oxygen atoms in total. The molecule has 0 heterocycles. The van der Waals surface area contributed by atoms with Crippen LogP contribution in [0.25, 0.3) is 0 Å². The highest BCUT2D eigenvalue weighted by Crippen LogP contribution is 2.22. The van der Waals surface area contributed by atoms with Gasteiger partial charge in [0.15, 0.2) is 0 Å². The maximum Gasteiger partial charge on any atom is 0.305 e. The molecule has 0 saturated carbocycles. The summed E-state index contributed by atoms with van der Waals surface area (Å²) in [5.41, 5.74) is -1.18. The number of aliphatic hydroxyl groups excluding tert-OH is 1. The molecule has 7 heteroatoms. The van der Waals surface area contributed by atoms with E-state index in [9.17, 15) is 19.5 Å². The van der Waals surface area contributed by atoms with Gasteiger partial charge in [0.1, 0.15) is 19.8 Å². The average molecular weight is 809 g/mol. The number of carbonyl (C=O) groups is 3. The largest absolute Gasteiger partial charge is 0.465 e. The Hall–Kier alpha value is -1.63. The van der Waals surface area contributed by atoms with E-state index >= 15 is 0 Å². The van der Waals surface area contributed by atoms with E-state index in [2.05, 4.69) is 20.8 Å². The van der Waals surface area contributed by atoms with Crippen molar-refractivity contribution in [3.63, 3.8) is 0 Å². The Morgan fingerprint density at radius 1 is 0.316 bits per heavy atom. The van der Waals surface area contributed by atoms with Crippen LogP contribution in [0.2, 0.25) is 0 Å². The second kappa shape index (κ2) is 43.9. The maximum absolute atomic E-state index is 12.7. The summed E-state index contributed by atoms with van der Waals surface area (Å²) in [7, 11) is 0. The van der Waals surface area contributed by atoms with Crippen LogP contribution < -0.4 is 0 Å². The first kappa shape index (κ1) is 55.4. The van der Waals surface area contributed by atoms with Crippen LogP contribution in [0, 0.1) is 5.41 Å². The fraction of sp³-hybridized carbons (Fsp3) is 0.940. The minimum atomic E-state index is -1.18. The van der Waals surface area contributed by atoms with Crippen LogP contribution in [0.1, 0.15) is 271 Å². The summed E-state index contributed by atoms with van der Waals surface area (Å²) in [4.78, 5) is 38.2. The number of carbonyl (C=O) groups excluding carboxylic acids is 3. The Morgan fingerprint density at radius 3 is 0.667 bits per heavy atom. The zero-order chi connectivity index (χ0) is 41.8. The Bertz CT molecular complexity index is 767. The Balaban J connectivity index is 4.58. The van der Waals surface area contributed by atoms with Gasteiger partial charge in [-0.1, -0.05) is 233 Å². The average Bonchev–Trinajstić information content (AvgIpc) is 3.22. The van der Waals surface area contributed by atoms with Crippen molar-refractivity contribution >= 4 is 17.9 Å². The lowest BCUT2D eigenvalue weighted by Gasteiger charge is -2.30. The second-order valence-corrected chi connectivity index (χ2v) is 17.6. The van der Waals surface area contributed by atoms with Gasteiger partial charge >= 0.3 is 17.9 Å². The van der Waals surface area contributed by atoms with Gasteiger partial charge in [0.05, 0.1) is 12.0 Å². The van der Waals surface area contributed by atoms with E-state index in [1.807, 2.05) is 0 Å². The summed E-state index contributed by atoms with van der Waals surface area (Å²) in [6.07, 6.45) is 44.9. The van der Waals surface area contributed by atoms with Gasteiger partial charge in [0.2, 0.25) is 0 Å². The molecule has 0 aliphatic rings. The standard InChI is InChI=1S/C50H96O7/c1-4-7-10-13-16-19-22-25-28-31-34-37-40-47(52)55-44-50(43-51,45-56-48(53)41-38-35-32-29-26-23-20-17-14-11-8-5-2)46-57-49(54)42-39-36-33-30-27-24-21-18-15-12-9-6-3/h51H,4-46H2,1-3H3. The zero-order valence-electron chi connectivity index (χ0n) is 38.3. The van der Waals surface area contributed by atoms with Crippen LogP contribution in [0.5, 0.6) is 0 Å². The van der Waals surface area contributed by atoms with E-state index < -0.39 is 12.0 Å². The summed E-state index contributed by atoms with van der Waals surface area (Å²) in [5.74, 6) is -0.985. The van der Waals surface area contributed by atoms with Crippen molar-refractivity contribution in [2.45, 2.75) is 271 Å². The molecule has 0 aromatic carbocycles. The topological polar surface area (TPSA) is 99.1 Å². The quantitative estimate of drug-likeness (QED) is 0.0371. The molecule has 0 unspecified atom stereocenters. The van der Waals surface area contributed by atoms with Gasteiger partial charge in [-0.25, -0.2) is 0 Å². The number of esters is 3. The van der Waals surface area contributed by atoms with Crippen molar-refractivity contribution < 1.29 is 33.7 Å². The normalized spacial score (nSPS) is 11.6. The van der Waals surface area contributed by atoms with E-state index in [0.29, 0.717) is 19.3 Å². The highest BCUT2D eigenvalue weighted by molar-refractivity contribution is 5.70. The van der Waals surface area contributed by atoms with Crippen molar-refractivity contribution in [1.82, 2.24) is 0 Å². The molecule has 0 spiro atoms. The molecule has 0 bridgehead atoms. The number of ether oxygens (including phenoxy) is 3. The Labute approximate surface area is 353 Å². The first-order chi connectivity index (χ1) is 27.9. The van der Waals surface area contributed by atoms with E-state index in [0.717, 1.165) is 57.8 Å². The predicted molar refractivity (Wildman–Crippen MR) is 239 cm³/mol. The molecule has 0 aliphatic heterocycles. The number of aliphatic hydroxyl groups is 1. The summed E-state index contributed by atoms with van der Waals surface area (Å²) in [5, 5.41) is 10.5. The molecule has 0 rings (SSSR count). The van der Waals surface area contributed by atoms with Crippen molar-refractivity contribution in [3.05, 3.63) is 0 Å². The van der Waals surface area contributed by atoms with E-state index in [4.69, 9.17) is 14.2 Å². The molecule has 1 N–H and O–H groups in total. The lowest BCUT2D eigenvalue weighted by atomic mass is 9.92. The third-order valence-corrected chi connectivity index (χ3v) is 11.7. The summed E-state index contributed by atoms with van der Waals surface area (Å²) in [6.45, 7) is 5.88. The molecule has 338 valence electrons. The van der Waals surface area contributed by atoms with Gasteiger partial charge in [-0.05, 0) is 19.3 Å². The molecule has 0 amide bonds.